The van der Waals surface area contributed by atoms with Crippen LogP contribution < -0.4 is 10.6 Å². The van der Waals surface area contributed by atoms with Crippen LogP contribution in [0.2, 0.25) is 0 Å². The van der Waals surface area contributed by atoms with E-state index < -0.39 is 6.04 Å². The molecule has 1 aromatic carbocycles. The summed E-state index contributed by atoms with van der Waals surface area (Å²) in [5.41, 5.74) is 0.666. The first-order valence-electron chi connectivity index (χ1n) is 4.96. The lowest BCUT2D eigenvalue weighted by atomic mass is 10.0. The van der Waals surface area contributed by atoms with Crippen molar-refractivity contribution >= 4 is 5.91 Å². The molecule has 2 atom stereocenters. The molecule has 0 saturated carbocycles. The molecular weight excluding hydrogens is 195 g/mol. The lowest BCUT2D eigenvalue weighted by Crippen LogP contribution is -2.52. The van der Waals surface area contributed by atoms with E-state index >= 15 is 0 Å². The molecule has 80 valence electrons. The smallest absolute Gasteiger partial charge is 0.241 e. The molecule has 2 rings (SSSR count). The predicted molar refractivity (Wildman–Crippen MR) is 54.7 cm³/mol. The van der Waals surface area contributed by atoms with Gasteiger partial charge in [0, 0.05) is 12.6 Å². The molecular formula is C11H13FN2O. The van der Waals surface area contributed by atoms with Gasteiger partial charge in [-0.2, -0.15) is 0 Å². The third-order valence-electron chi connectivity index (χ3n) is 2.46. The van der Waals surface area contributed by atoms with Crippen molar-refractivity contribution in [1.82, 2.24) is 10.6 Å². The van der Waals surface area contributed by atoms with E-state index in [2.05, 4.69) is 10.6 Å². The van der Waals surface area contributed by atoms with E-state index in [9.17, 15) is 9.18 Å². The van der Waals surface area contributed by atoms with Crippen LogP contribution in [0.4, 0.5) is 4.39 Å². The zero-order chi connectivity index (χ0) is 10.8. The number of carbonyl (C=O) groups excluding carboxylic acids is 1. The van der Waals surface area contributed by atoms with Gasteiger partial charge in [-0.25, -0.2) is 4.39 Å². The normalized spacial score (nSPS) is 26.1. The molecule has 1 amide bonds. The average molecular weight is 208 g/mol. The zero-order valence-corrected chi connectivity index (χ0v) is 8.46. The van der Waals surface area contributed by atoms with Gasteiger partial charge in [-0.3, -0.25) is 4.79 Å². The molecule has 0 radical (unpaired) electrons. The second-order valence-corrected chi connectivity index (χ2v) is 3.81. The molecule has 1 fully saturated rings. The molecule has 0 aromatic heterocycles. The van der Waals surface area contributed by atoms with Crippen LogP contribution in [-0.2, 0) is 4.79 Å². The van der Waals surface area contributed by atoms with Gasteiger partial charge in [0.05, 0.1) is 0 Å². The van der Waals surface area contributed by atoms with Gasteiger partial charge >= 0.3 is 0 Å². The molecule has 0 unspecified atom stereocenters. The van der Waals surface area contributed by atoms with Crippen LogP contribution in [0.3, 0.4) is 0 Å². The van der Waals surface area contributed by atoms with E-state index in [1.54, 1.807) is 12.1 Å². The topological polar surface area (TPSA) is 41.1 Å². The van der Waals surface area contributed by atoms with E-state index in [1.807, 2.05) is 6.92 Å². The largest absolute Gasteiger partial charge is 0.351 e. The van der Waals surface area contributed by atoms with Gasteiger partial charge in [0.1, 0.15) is 11.9 Å². The Balaban J connectivity index is 2.20. The van der Waals surface area contributed by atoms with Crippen LogP contribution >= 0.6 is 0 Å². The number of halogens is 1. The standard InChI is InChI=1S/C11H13FN2O/c1-7-6-13-10(11(15)14-7)8-3-2-4-9(12)5-8/h2-5,7,10,13H,6H2,1H3,(H,14,15)/t7-,10+/m1/s1. The number of nitrogens with one attached hydrogen (secondary N) is 2. The maximum absolute atomic E-state index is 13.0. The van der Waals surface area contributed by atoms with Gasteiger partial charge in [0.15, 0.2) is 0 Å². The first-order valence-corrected chi connectivity index (χ1v) is 4.96. The van der Waals surface area contributed by atoms with E-state index in [-0.39, 0.29) is 17.8 Å². The minimum Gasteiger partial charge on any atom is -0.351 e. The highest BCUT2D eigenvalue weighted by atomic mass is 19.1. The second kappa shape index (κ2) is 3.98. The summed E-state index contributed by atoms with van der Waals surface area (Å²) in [5, 5.41) is 5.91. The summed E-state index contributed by atoms with van der Waals surface area (Å²) in [6, 6.07) is 5.80. The summed E-state index contributed by atoms with van der Waals surface area (Å²) < 4.78 is 13.0. The van der Waals surface area contributed by atoms with Crippen LogP contribution in [0.5, 0.6) is 0 Å². The minimum atomic E-state index is -0.433. The Morgan fingerprint density at radius 1 is 1.47 bits per heavy atom. The van der Waals surface area contributed by atoms with Gasteiger partial charge in [0.2, 0.25) is 5.91 Å². The Hall–Kier alpha value is -1.42. The van der Waals surface area contributed by atoms with E-state index in [4.69, 9.17) is 0 Å². The number of carbonyl (C=O) groups is 1. The van der Waals surface area contributed by atoms with Crippen molar-refractivity contribution in [2.75, 3.05) is 6.54 Å². The maximum atomic E-state index is 13.0. The number of benzene rings is 1. The van der Waals surface area contributed by atoms with Crippen LogP contribution in [0.25, 0.3) is 0 Å². The van der Waals surface area contributed by atoms with Crippen LogP contribution in [0.15, 0.2) is 24.3 Å². The molecule has 4 heteroatoms. The first-order chi connectivity index (χ1) is 7.16. The second-order valence-electron chi connectivity index (χ2n) is 3.81. The molecule has 0 aliphatic carbocycles. The third kappa shape index (κ3) is 2.15. The highest BCUT2D eigenvalue weighted by Crippen LogP contribution is 2.16. The predicted octanol–water partition coefficient (Wildman–Crippen LogP) is 0.975. The van der Waals surface area contributed by atoms with Crippen LogP contribution in [0.1, 0.15) is 18.5 Å². The van der Waals surface area contributed by atoms with Crippen molar-refractivity contribution in [1.29, 1.82) is 0 Å². The average Bonchev–Trinajstić information content (AvgIpc) is 2.17. The van der Waals surface area contributed by atoms with Crippen molar-refractivity contribution in [2.24, 2.45) is 0 Å². The Bertz CT molecular complexity index is 381. The SMILES string of the molecule is C[C@@H]1CN[C@@H](c2cccc(F)c2)C(=O)N1. The fraction of sp³-hybridized carbons (Fsp3) is 0.364. The molecule has 2 N–H and O–H groups in total. The van der Waals surface area contributed by atoms with Crippen LogP contribution in [0, 0.1) is 5.82 Å². The summed E-state index contributed by atoms with van der Waals surface area (Å²) in [5.74, 6) is -0.417. The zero-order valence-electron chi connectivity index (χ0n) is 8.46. The first kappa shape index (κ1) is 10.1. The Labute approximate surface area is 87.7 Å². The molecule has 1 aliphatic heterocycles. The molecule has 0 spiro atoms. The van der Waals surface area contributed by atoms with E-state index in [0.29, 0.717) is 12.1 Å². The number of amides is 1. The van der Waals surface area contributed by atoms with Gasteiger partial charge < -0.3 is 10.6 Å². The lowest BCUT2D eigenvalue weighted by Gasteiger charge is -2.28. The summed E-state index contributed by atoms with van der Waals surface area (Å²) >= 11 is 0. The highest BCUT2D eigenvalue weighted by molar-refractivity contribution is 5.84. The Morgan fingerprint density at radius 2 is 2.27 bits per heavy atom. The van der Waals surface area contributed by atoms with Crippen molar-refractivity contribution in [3.8, 4) is 0 Å². The van der Waals surface area contributed by atoms with Gasteiger partial charge in [-0.15, -0.1) is 0 Å². The summed E-state index contributed by atoms with van der Waals surface area (Å²) in [7, 11) is 0. The highest BCUT2D eigenvalue weighted by Gasteiger charge is 2.26. The van der Waals surface area contributed by atoms with Crippen molar-refractivity contribution in [3.63, 3.8) is 0 Å². The molecule has 1 aromatic rings. The number of rotatable bonds is 1. The monoisotopic (exact) mass is 208 g/mol. The summed E-state index contributed by atoms with van der Waals surface area (Å²) in [6.07, 6.45) is 0. The molecule has 0 bridgehead atoms. The number of hydrogen-bond acceptors (Lipinski definition) is 2. The number of hydrogen-bond donors (Lipinski definition) is 2. The molecule has 15 heavy (non-hydrogen) atoms. The molecule has 1 saturated heterocycles. The van der Waals surface area contributed by atoms with Gasteiger partial charge in [0.25, 0.3) is 0 Å². The van der Waals surface area contributed by atoms with Crippen molar-refractivity contribution in [3.05, 3.63) is 35.6 Å². The molecule has 3 nitrogen and oxygen atoms in total. The fourth-order valence-electron chi connectivity index (χ4n) is 1.72. The summed E-state index contributed by atoms with van der Waals surface area (Å²) in [6.45, 7) is 2.62. The lowest BCUT2D eigenvalue weighted by molar-refractivity contribution is -0.125. The Morgan fingerprint density at radius 3 is 2.93 bits per heavy atom. The van der Waals surface area contributed by atoms with E-state index in [1.165, 1.54) is 12.1 Å². The Kier molecular flexibility index (Phi) is 2.68. The van der Waals surface area contributed by atoms with Crippen molar-refractivity contribution < 1.29 is 9.18 Å². The fourth-order valence-corrected chi connectivity index (χ4v) is 1.72. The van der Waals surface area contributed by atoms with Crippen LogP contribution in [-0.4, -0.2) is 18.5 Å². The molecule has 1 heterocycles. The van der Waals surface area contributed by atoms with Gasteiger partial charge in [-0.05, 0) is 24.6 Å². The molecule has 1 aliphatic rings. The van der Waals surface area contributed by atoms with Gasteiger partial charge in [-0.1, -0.05) is 12.1 Å². The number of piperazine rings is 1. The third-order valence-corrected chi connectivity index (χ3v) is 2.46. The summed E-state index contributed by atoms with van der Waals surface area (Å²) in [4.78, 5) is 11.6. The quantitative estimate of drug-likeness (QED) is 0.722. The minimum absolute atomic E-state index is 0.0978. The van der Waals surface area contributed by atoms with E-state index in [0.717, 1.165) is 0 Å². The van der Waals surface area contributed by atoms with Crippen molar-refractivity contribution in [2.45, 2.75) is 19.0 Å². The maximum Gasteiger partial charge on any atom is 0.241 e.